The summed E-state index contributed by atoms with van der Waals surface area (Å²) in [6.45, 7) is 4.08. The van der Waals surface area contributed by atoms with Gasteiger partial charge in [-0.1, -0.05) is 77.8 Å². The van der Waals surface area contributed by atoms with Crippen molar-refractivity contribution in [3.05, 3.63) is 112 Å². The topological polar surface area (TPSA) is 75.7 Å². The largest absolute Gasteiger partial charge is 0.488 e. The molecular weight excluding hydrogens is 488 g/mol. The Morgan fingerprint density at radius 3 is 2.46 bits per heavy atom. The highest BCUT2D eigenvalue weighted by Gasteiger charge is 2.37. The molecule has 0 aliphatic carbocycles. The number of carbonyl (C=O) groups excluding carboxylic acids is 3. The molecule has 0 saturated carbocycles. The quantitative estimate of drug-likeness (QED) is 0.250. The third kappa shape index (κ3) is 4.84. The van der Waals surface area contributed by atoms with Crippen LogP contribution in [0.5, 0.6) is 5.75 Å². The Bertz CT molecular complexity index is 1590. The van der Waals surface area contributed by atoms with Gasteiger partial charge >= 0.3 is 6.03 Å². The Hall–Kier alpha value is -4.42. The van der Waals surface area contributed by atoms with Crippen molar-refractivity contribution in [2.75, 3.05) is 4.90 Å². The van der Waals surface area contributed by atoms with Crippen molar-refractivity contribution in [3.63, 3.8) is 0 Å². The predicted molar refractivity (Wildman–Crippen MR) is 145 cm³/mol. The number of barbiturate groups is 1. The van der Waals surface area contributed by atoms with Gasteiger partial charge in [0, 0.05) is 10.6 Å². The summed E-state index contributed by atoms with van der Waals surface area (Å²) in [4.78, 5) is 40.1. The Balaban J connectivity index is 1.59. The van der Waals surface area contributed by atoms with Gasteiger partial charge in [-0.05, 0) is 60.0 Å². The first kappa shape index (κ1) is 24.3. The maximum Gasteiger partial charge on any atom is 0.335 e. The summed E-state index contributed by atoms with van der Waals surface area (Å²) in [6.07, 6.45) is 1.49. The molecule has 4 aromatic carbocycles. The third-order valence-corrected chi connectivity index (χ3v) is 6.48. The van der Waals surface area contributed by atoms with Crippen molar-refractivity contribution in [3.8, 4) is 5.75 Å². The second-order valence-corrected chi connectivity index (χ2v) is 9.30. The number of imide groups is 2. The van der Waals surface area contributed by atoms with Gasteiger partial charge in [-0.2, -0.15) is 0 Å². The number of ether oxygens (including phenoxy) is 1. The summed E-state index contributed by atoms with van der Waals surface area (Å²) in [6, 6.07) is 23.4. The monoisotopic (exact) mass is 510 g/mol. The molecule has 4 amide bonds. The first-order valence-electron chi connectivity index (χ1n) is 11.7. The smallest absolute Gasteiger partial charge is 0.335 e. The van der Waals surface area contributed by atoms with E-state index in [2.05, 4.69) is 5.32 Å². The number of benzene rings is 4. The molecule has 5 rings (SSSR count). The maximum atomic E-state index is 13.6. The van der Waals surface area contributed by atoms with Crippen LogP contribution < -0.4 is 15.0 Å². The van der Waals surface area contributed by atoms with Gasteiger partial charge in [0.25, 0.3) is 11.8 Å². The number of hydrogen-bond donors (Lipinski definition) is 1. The number of nitrogens with zero attached hydrogens (tertiary/aromatic N) is 1. The summed E-state index contributed by atoms with van der Waals surface area (Å²) >= 11 is 6.14. The van der Waals surface area contributed by atoms with Crippen molar-refractivity contribution in [1.82, 2.24) is 5.32 Å². The molecule has 7 heteroatoms. The van der Waals surface area contributed by atoms with Gasteiger partial charge in [-0.25, -0.2) is 9.69 Å². The number of nitrogens with one attached hydrogen (secondary N) is 1. The van der Waals surface area contributed by atoms with Gasteiger partial charge in [-0.15, -0.1) is 0 Å². The van der Waals surface area contributed by atoms with Crippen LogP contribution in [0.4, 0.5) is 10.5 Å². The van der Waals surface area contributed by atoms with Crippen molar-refractivity contribution < 1.29 is 19.1 Å². The highest BCUT2D eigenvalue weighted by molar-refractivity contribution is 6.40. The molecule has 1 aliphatic rings. The summed E-state index contributed by atoms with van der Waals surface area (Å²) < 4.78 is 6.17. The number of halogens is 1. The summed E-state index contributed by atoms with van der Waals surface area (Å²) in [5.74, 6) is -1.00. The van der Waals surface area contributed by atoms with E-state index in [1.165, 1.54) is 12.1 Å². The molecular formula is C30H23ClN2O4. The minimum atomic E-state index is -0.828. The summed E-state index contributed by atoms with van der Waals surface area (Å²) in [5.41, 5.74) is 3.49. The van der Waals surface area contributed by atoms with Crippen LogP contribution in [-0.2, 0) is 16.2 Å². The summed E-state index contributed by atoms with van der Waals surface area (Å²) in [5, 5.41) is 4.37. The molecule has 0 bridgehead atoms. The van der Waals surface area contributed by atoms with Crippen LogP contribution in [0.25, 0.3) is 16.8 Å². The van der Waals surface area contributed by atoms with E-state index < -0.39 is 17.8 Å². The zero-order valence-corrected chi connectivity index (χ0v) is 21.0. The number of anilines is 1. The average molecular weight is 511 g/mol. The van der Waals surface area contributed by atoms with E-state index in [0.29, 0.717) is 34.2 Å². The predicted octanol–water partition coefficient (Wildman–Crippen LogP) is 6.36. The van der Waals surface area contributed by atoms with E-state index >= 15 is 0 Å². The lowest BCUT2D eigenvalue weighted by molar-refractivity contribution is -0.122. The summed E-state index contributed by atoms with van der Waals surface area (Å²) in [7, 11) is 0. The molecule has 1 heterocycles. The Morgan fingerprint density at radius 1 is 0.919 bits per heavy atom. The molecule has 0 unspecified atom stereocenters. The van der Waals surface area contributed by atoms with E-state index in [9.17, 15) is 14.4 Å². The van der Waals surface area contributed by atoms with Crippen molar-refractivity contribution >= 4 is 52.0 Å². The molecule has 1 N–H and O–H groups in total. The molecule has 4 aromatic rings. The van der Waals surface area contributed by atoms with E-state index in [0.717, 1.165) is 26.8 Å². The fraction of sp³-hybridized carbons (Fsp3) is 0.100. The van der Waals surface area contributed by atoms with Crippen molar-refractivity contribution in [1.29, 1.82) is 0 Å². The molecule has 0 aromatic heterocycles. The van der Waals surface area contributed by atoms with E-state index in [1.807, 2.05) is 67.6 Å². The molecule has 1 fully saturated rings. The standard InChI is InChI=1S/C30H23ClN2O4/c1-18-7-10-20(11-8-18)17-37-27-14-12-21-5-3-4-6-23(21)24(27)16-25-28(34)32-30(36)33(29(25)35)26-15-22(31)13-9-19(26)2/h3-16H,17H2,1-2H3,(H,32,34,36)/b25-16+. The molecule has 0 radical (unpaired) electrons. The maximum absolute atomic E-state index is 13.6. The molecule has 0 atom stereocenters. The van der Waals surface area contributed by atoms with Crippen LogP contribution in [0.1, 0.15) is 22.3 Å². The number of urea groups is 1. The number of rotatable bonds is 5. The molecule has 1 saturated heterocycles. The van der Waals surface area contributed by atoms with E-state index in [1.54, 1.807) is 19.1 Å². The van der Waals surface area contributed by atoms with Crippen LogP contribution in [-0.4, -0.2) is 17.8 Å². The van der Waals surface area contributed by atoms with Gasteiger partial charge in [0.2, 0.25) is 0 Å². The Morgan fingerprint density at radius 2 is 1.68 bits per heavy atom. The lowest BCUT2D eigenvalue weighted by atomic mass is 9.99. The highest BCUT2D eigenvalue weighted by Crippen LogP contribution is 2.33. The number of fused-ring (bicyclic) bond motifs is 1. The SMILES string of the molecule is Cc1ccc(COc2ccc3ccccc3c2/C=C2\C(=O)NC(=O)N(c3cc(Cl)ccc3C)C2=O)cc1. The van der Waals surface area contributed by atoms with Crippen LogP contribution in [0.3, 0.4) is 0 Å². The zero-order chi connectivity index (χ0) is 26.1. The van der Waals surface area contributed by atoms with Gasteiger partial charge < -0.3 is 4.74 Å². The fourth-order valence-corrected chi connectivity index (χ4v) is 4.41. The lowest BCUT2D eigenvalue weighted by Gasteiger charge is -2.28. The molecule has 6 nitrogen and oxygen atoms in total. The van der Waals surface area contributed by atoms with Gasteiger partial charge in [0.15, 0.2) is 0 Å². The lowest BCUT2D eigenvalue weighted by Crippen LogP contribution is -2.54. The Labute approximate surface area is 219 Å². The van der Waals surface area contributed by atoms with Crippen molar-refractivity contribution in [2.45, 2.75) is 20.5 Å². The van der Waals surface area contributed by atoms with Crippen LogP contribution >= 0.6 is 11.6 Å². The second kappa shape index (κ2) is 9.91. The van der Waals surface area contributed by atoms with Crippen LogP contribution in [0, 0.1) is 13.8 Å². The first-order chi connectivity index (χ1) is 17.8. The first-order valence-corrected chi connectivity index (χ1v) is 12.1. The number of hydrogen-bond acceptors (Lipinski definition) is 4. The van der Waals surface area contributed by atoms with Gasteiger partial charge in [0.05, 0.1) is 5.69 Å². The highest BCUT2D eigenvalue weighted by atomic mass is 35.5. The number of carbonyl (C=O) groups is 3. The van der Waals surface area contributed by atoms with Gasteiger partial charge in [0.1, 0.15) is 17.9 Å². The third-order valence-electron chi connectivity index (χ3n) is 6.25. The van der Waals surface area contributed by atoms with Gasteiger partial charge in [-0.3, -0.25) is 14.9 Å². The molecule has 184 valence electrons. The fourth-order valence-electron chi connectivity index (χ4n) is 4.24. The number of aryl methyl sites for hydroxylation is 2. The zero-order valence-electron chi connectivity index (χ0n) is 20.2. The minimum Gasteiger partial charge on any atom is -0.488 e. The number of amides is 4. The molecule has 0 spiro atoms. The average Bonchev–Trinajstić information content (AvgIpc) is 2.88. The van der Waals surface area contributed by atoms with E-state index in [4.69, 9.17) is 16.3 Å². The van der Waals surface area contributed by atoms with E-state index in [-0.39, 0.29) is 5.57 Å². The van der Waals surface area contributed by atoms with Crippen LogP contribution in [0.2, 0.25) is 5.02 Å². The Kier molecular flexibility index (Phi) is 6.51. The molecule has 37 heavy (non-hydrogen) atoms. The minimum absolute atomic E-state index is 0.185. The van der Waals surface area contributed by atoms with Crippen molar-refractivity contribution in [2.24, 2.45) is 0 Å². The van der Waals surface area contributed by atoms with Crippen LogP contribution in [0.15, 0.2) is 84.4 Å². The second-order valence-electron chi connectivity index (χ2n) is 8.86. The molecule has 1 aliphatic heterocycles. The normalized spacial score (nSPS) is 14.8.